The number of ether oxygens (including phenoxy) is 2. The Balaban J connectivity index is 1.44. The molecule has 1 N–H and O–H groups in total. The summed E-state index contributed by atoms with van der Waals surface area (Å²) >= 11 is 1.39. The highest BCUT2D eigenvalue weighted by Crippen LogP contribution is 2.37. The molecule has 0 saturated heterocycles. The second kappa shape index (κ2) is 6.42. The molecule has 8 heteroatoms. The third-order valence-corrected chi connectivity index (χ3v) is 5.54. The maximum absolute atomic E-state index is 12.7. The van der Waals surface area contributed by atoms with Gasteiger partial charge >= 0.3 is 0 Å². The van der Waals surface area contributed by atoms with Gasteiger partial charge in [-0.25, -0.2) is 15.0 Å². The maximum Gasteiger partial charge on any atom is 0.257 e. The molecule has 7 nitrogen and oxygen atoms in total. The number of aromatic nitrogens is 3. The quantitative estimate of drug-likeness (QED) is 0.557. The summed E-state index contributed by atoms with van der Waals surface area (Å²) in [6, 6.07) is 9.04. The average Bonchev–Trinajstić information content (AvgIpc) is 3.07. The van der Waals surface area contributed by atoms with Crippen LogP contribution in [0.4, 0.5) is 5.13 Å². The molecule has 2 aromatic heterocycles. The lowest BCUT2D eigenvalue weighted by atomic mass is 10.1. The highest BCUT2D eigenvalue weighted by Gasteiger charge is 2.17. The Morgan fingerprint density at radius 3 is 2.43 bits per heavy atom. The average molecular weight is 392 g/mol. The molecular formula is C20H16N4O3S. The first-order chi connectivity index (χ1) is 13.6. The Labute approximate surface area is 164 Å². The fourth-order valence-corrected chi connectivity index (χ4v) is 3.93. The zero-order valence-electron chi connectivity index (χ0n) is 15.3. The third-order valence-electron chi connectivity index (χ3n) is 4.61. The molecule has 0 fully saturated rings. The molecule has 0 radical (unpaired) electrons. The van der Waals surface area contributed by atoms with E-state index in [0.29, 0.717) is 40.9 Å². The molecule has 140 valence electrons. The maximum atomic E-state index is 12.7. The van der Waals surface area contributed by atoms with E-state index in [0.717, 1.165) is 27.1 Å². The first kappa shape index (κ1) is 16.9. The highest BCUT2D eigenvalue weighted by atomic mass is 32.1. The number of carbonyl (C=O) groups excluding carboxylic acids is 1. The number of carbonyl (C=O) groups is 1. The van der Waals surface area contributed by atoms with Gasteiger partial charge in [0.25, 0.3) is 5.91 Å². The first-order valence-electron chi connectivity index (χ1n) is 8.83. The minimum absolute atomic E-state index is 0.238. The number of anilines is 1. The Morgan fingerprint density at radius 2 is 1.64 bits per heavy atom. The summed E-state index contributed by atoms with van der Waals surface area (Å²) in [6.45, 7) is 4.88. The van der Waals surface area contributed by atoms with Gasteiger partial charge in [0.1, 0.15) is 13.2 Å². The molecule has 1 amide bonds. The number of nitrogens with one attached hydrogen (secondary N) is 1. The minimum Gasteiger partial charge on any atom is -0.486 e. The normalized spacial score (nSPS) is 13.1. The second-order valence-electron chi connectivity index (χ2n) is 6.53. The van der Waals surface area contributed by atoms with Crippen LogP contribution in [0, 0.1) is 13.8 Å². The number of hydrogen-bond donors (Lipinski definition) is 1. The van der Waals surface area contributed by atoms with Crippen LogP contribution in [-0.2, 0) is 0 Å². The van der Waals surface area contributed by atoms with E-state index in [1.165, 1.54) is 11.3 Å². The van der Waals surface area contributed by atoms with E-state index in [1.807, 2.05) is 32.0 Å². The summed E-state index contributed by atoms with van der Waals surface area (Å²) in [6.07, 6.45) is 0. The molecule has 0 saturated carbocycles. The summed E-state index contributed by atoms with van der Waals surface area (Å²) < 4.78 is 12.1. The van der Waals surface area contributed by atoms with E-state index in [-0.39, 0.29) is 5.91 Å². The van der Waals surface area contributed by atoms with Gasteiger partial charge in [-0.3, -0.25) is 10.1 Å². The van der Waals surface area contributed by atoms with Crippen molar-refractivity contribution in [3.05, 3.63) is 47.3 Å². The predicted molar refractivity (Wildman–Crippen MR) is 108 cm³/mol. The van der Waals surface area contributed by atoms with Crippen LogP contribution < -0.4 is 14.8 Å². The monoisotopic (exact) mass is 392 g/mol. The van der Waals surface area contributed by atoms with Crippen molar-refractivity contribution in [1.29, 1.82) is 0 Å². The molecule has 4 aromatic rings. The van der Waals surface area contributed by atoms with Crippen LogP contribution in [0.25, 0.3) is 21.3 Å². The number of nitrogens with zero attached hydrogens (tertiary/aromatic N) is 3. The molecule has 3 heterocycles. The molecule has 0 bridgehead atoms. The number of benzene rings is 2. The van der Waals surface area contributed by atoms with Gasteiger partial charge in [0.15, 0.2) is 16.6 Å². The van der Waals surface area contributed by atoms with Gasteiger partial charge < -0.3 is 9.47 Å². The number of thiazole rings is 1. The van der Waals surface area contributed by atoms with Gasteiger partial charge in [-0.2, -0.15) is 0 Å². The van der Waals surface area contributed by atoms with Crippen molar-refractivity contribution < 1.29 is 14.3 Å². The van der Waals surface area contributed by atoms with Crippen LogP contribution in [0.5, 0.6) is 11.5 Å². The molecule has 0 unspecified atom stereocenters. The summed E-state index contributed by atoms with van der Waals surface area (Å²) in [4.78, 5) is 26.2. The smallest absolute Gasteiger partial charge is 0.257 e. The van der Waals surface area contributed by atoms with E-state index in [1.54, 1.807) is 12.1 Å². The lowest BCUT2D eigenvalue weighted by molar-refractivity contribution is 0.102. The Kier molecular flexibility index (Phi) is 3.87. The van der Waals surface area contributed by atoms with Crippen LogP contribution >= 0.6 is 11.3 Å². The lowest BCUT2D eigenvalue weighted by Gasteiger charge is -2.17. The summed E-state index contributed by atoms with van der Waals surface area (Å²) in [5.74, 6) is 1.15. The summed E-state index contributed by atoms with van der Waals surface area (Å²) in [5.41, 5.74) is 4.47. The van der Waals surface area contributed by atoms with Gasteiger partial charge in [0, 0.05) is 17.7 Å². The van der Waals surface area contributed by atoms with Crippen molar-refractivity contribution in [2.75, 3.05) is 18.5 Å². The van der Waals surface area contributed by atoms with E-state index < -0.39 is 0 Å². The van der Waals surface area contributed by atoms with Crippen molar-refractivity contribution in [3.8, 4) is 11.5 Å². The Bertz CT molecular complexity index is 1210. The molecule has 1 aliphatic rings. The summed E-state index contributed by atoms with van der Waals surface area (Å²) in [7, 11) is 0. The number of rotatable bonds is 2. The van der Waals surface area contributed by atoms with E-state index in [2.05, 4.69) is 20.3 Å². The Hall–Kier alpha value is -3.26. The van der Waals surface area contributed by atoms with Crippen LogP contribution in [0.3, 0.4) is 0 Å². The number of aryl methyl sites for hydroxylation is 2. The molecule has 0 atom stereocenters. The molecule has 1 aliphatic heterocycles. The van der Waals surface area contributed by atoms with Crippen molar-refractivity contribution in [1.82, 2.24) is 15.0 Å². The minimum atomic E-state index is -0.238. The lowest BCUT2D eigenvalue weighted by Crippen LogP contribution is -2.15. The van der Waals surface area contributed by atoms with Crippen molar-refractivity contribution in [2.45, 2.75) is 13.8 Å². The van der Waals surface area contributed by atoms with Gasteiger partial charge in [-0.15, -0.1) is 0 Å². The number of fused-ring (bicyclic) bond motifs is 3. The van der Waals surface area contributed by atoms with Gasteiger partial charge in [-0.05, 0) is 32.0 Å². The van der Waals surface area contributed by atoms with Gasteiger partial charge in [0.05, 0.1) is 32.6 Å². The first-order valence-corrected chi connectivity index (χ1v) is 9.65. The largest absolute Gasteiger partial charge is 0.486 e. The highest BCUT2D eigenvalue weighted by molar-refractivity contribution is 7.22. The molecular weight excluding hydrogens is 376 g/mol. The van der Waals surface area contributed by atoms with Crippen molar-refractivity contribution in [3.63, 3.8) is 0 Å². The van der Waals surface area contributed by atoms with E-state index >= 15 is 0 Å². The standard InChI is InChI=1S/C20H16N4O3S/c1-10-11(2)22-14-7-12(3-4-13(14)21-10)19(25)24-20-23-15-8-16-17(9-18(15)28-20)27-6-5-26-16/h3-4,7-9H,5-6H2,1-2H3,(H,23,24,25). The topological polar surface area (TPSA) is 86.2 Å². The predicted octanol–water partition coefficient (Wildman–Crippen LogP) is 3.88. The third kappa shape index (κ3) is 2.91. The molecule has 0 spiro atoms. The fraction of sp³-hybridized carbons (Fsp3) is 0.200. The number of hydrogen-bond acceptors (Lipinski definition) is 7. The van der Waals surface area contributed by atoms with Crippen LogP contribution in [0.15, 0.2) is 30.3 Å². The van der Waals surface area contributed by atoms with Gasteiger partial charge in [0.2, 0.25) is 0 Å². The van der Waals surface area contributed by atoms with Crippen molar-refractivity contribution in [2.24, 2.45) is 0 Å². The summed E-state index contributed by atoms with van der Waals surface area (Å²) in [5, 5.41) is 3.39. The van der Waals surface area contributed by atoms with Crippen LogP contribution in [0.1, 0.15) is 21.7 Å². The number of amides is 1. The van der Waals surface area contributed by atoms with Crippen molar-refractivity contribution >= 4 is 43.6 Å². The Morgan fingerprint density at radius 1 is 0.929 bits per heavy atom. The molecule has 0 aliphatic carbocycles. The molecule has 28 heavy (non-hydrogen) atoms. The van der Waals surface area contributed by atoms with Crippen LogP contribution in [-0.4, -0.2) is 34.1 Å². The zero-order valence-corrected chi connectivity index (χ0v) is 16.1. The van der Waals surface area contributed by atoms with Crippen LogP contribution in [0.2, 0.25) is 0 Å². The van der Waals surface area contributed by atoms with Gasteiger partial charge in [-0.1, -0.05) is 11.3 Å². The molecule has 2 aromatic carbocycles. The second-order valence-corrected chi connectivity index (χ2v) is 7.57. The zero-order chi connectivity index (χ0) is 19.3. The van der Waals surface area contributed by atoms with E-state index in [4.69, 9.17) is 9.47 Å². The van der Waals surface area contributed by atoms with E-state index in [9.17, 15) is 4.79 Å². The fourth-order valence-electron chi connectivity index (χ4n) is 3.06. The SMILES string of the molecule is Cc1nc2ccc(C(=O)Nc3nc4cc5c(cc4s3)OCCO5)cc2nc1C. The molecule has 5 rings (SSSR count).